The Morgan fingerprint density at radius 2 is 2.19 bits per heavy atom. The van der Waals surface area contributed by atoms with E-state index in [-0.39, 0.29) is 11.5 Å². The lowest BCUT2D eigenvalue weighted by molar-refractivity contribution is -0.148. The largest absolute Gasteiger partial charge is 0.373 e. The Labute approximate surface area is 97.3 Å². The van der Waals surface area contributed by atoms with Crippen LogP contribution in [0.4, 0.5) is 0 Å². The average Bonchev–Trinajstić information content (AvgIpc) is 2.30. The SMILES string of the molecule is CNCC(=O)N1CCC[C@@]2(CCCCO2)C1. The van der Waals surface area contributed by atoms with Gasteiger partial charge >= 0.3 is 0 Å². The fourth-order valence-corrected chi connectivity index (χ4v) is 2.81. The number of likely N-dealkylation sites (N-methyl/N-ethyl adjacent to an activating group) is 1. The first-order valence-corrected chi connectivity index (χ1v) is 6.32. The summed E-state index contributed by atoms with van der Waals surface area (Å²) in [7, 11) is 1.81. The molecule has 1 amide bonds. The van der Waals surface area contributed by atoms with Crippen LogP contribution in [0, 0.1) is 0 Å². The summed E-state index contributed by atoms with van der Waals surface area (Å²) in [6.07, 6.45) is 5.74. The third kappa shape index (κ3) is 2.55. The van der Waals surface area contributed by atoms with Crippen LogP contribution < -0.4 is 5.32 Å². The molecule has 2 fully saturated rings. The molecule has 2 heterocycles. The molecule has 0 aromatic rings. The molecule has 1 atom stereocenters. The van der Waals surface area contributed by atoms with Crippen LogP contribution in [0.15, 0.2) is 0 Å². The summed E-state index contributed by atoms with van der Waals surface area (Å²) in [6.45, 7) is 3.00. The third-order valence-corrected chi connectivity index (χ3v) is 3.66. The van der Waals surface area contributed by atoms with Gasteiger partial charge in [0.1, 0.15) is 0 Å². The smallest absolute Gasteiger partial charge is 0.236 e. The number of carbonyl (C=O) groups is 1. The van der Waals surface area contributed by atoms with E-state index in [0.717, 1.165) is 39.0 Å². The molecule has 92 valence electrons. The number of hydrogen-bond acceptors (Lipinski definition) is 3. The standard InChI is InChI=1S/C12H22N2O2/c1-13-9-11(15)14-7-4-6-12(10-14)5-2-3-8-16-12/h13H,2-10H2,1H3/t12-/m0/s1. The van der Waals surface area contributed by atoms with Gasteiger partial charge in [-0.2, -0.15) is 0 Å². The second kappa shape index (κ2) is 5.15. The van der Waals surface area contributed by atoms with Crippen LogP contribution in [0.3, 0.4) is 0 Å². The van der Waals surface area contributed by atoms with Crippen molar-refractivity contribution >= 4 is 5.91 Å². The van der Waals surface area contributed by atoms with Crippen molar-refractivity contribution in [1.29, 1.82) is 0 Å². The van der Waals surface area contributed by atoms with Crippen LogP contribution in [0.25, 0.3) is 0 Å². The van der Waals surface area contributed by atoms with Crippen molar-refractivity contribution < 1.29 is 9.53 Å². The molecule has 0 aromatic carbocycles. The molecule has 0 aromatic heterocycles. The van der Waals surface area contributed by atoms with Gasteiger partial charge in [0.15, 0.2) is 0 Å². The Hall–Kier alpha value is -0.610. The second-order valence-electron chi connectivity index (χ2n) is 4.94. The molecule has 0 bridgehead atoms. The number of hydrogen-bond donors (Lipinski definition) is 1. The van der Waals surface area contributed by atoms with Crippen molar-refractivity contribution in [1.82, 2.24) is 10.2 Å². The van der Waals surface area contributed by atoms with Crippen molar-refractivity contribution in [3.05, 3.63) is 0 Å². The highest BCUT2D eigenvalue weighted by Crippen LogP contribution is 2.33. The number of amides is 1. The highest BCUT2D eigenvalue weighted by molar-refractivity contribution is 5.78. The molecular formula is C12H22N2O2. The molecule has 4 nitrogen and oxygen atoms in total. The van der Waals surface area contributed by atoms with Crippen LogP contribution in [0.5, 0.6) is 0 Å². The van der Waals surface area contributed by atoms with E-state index >= 15 is 0 Å². The topological polar surface area (TPSA) is 41.6 Å². The van der Waals surface area contributed by atoms with Gasteiger partial charge in [0.05, 0.1) is 12.1 Å². The van der Waals surface area contributed by atoms with Gasteiger partial charge in [0, 0.05) is 19.7 Å². The minimum atomic E-state index is -0.0140. The molecule has 2 aliphatic rings. The third-order valence-electron chi connectivity index (χ3n) is 3.66. The van der Waals surface area contributed by atoms with Crippen LogP contribution >= 0.6 is 0 Å². The number of nitrogens with one attached hydrogen (secondary N) is 1. The van der Waals surface area contributed by atoms with Crippen molar-refractivity contribution in [2.24, 2.45) is 0 Å². The summed E-state index contributed by atoms with van der Waals surface area (Å²) in [5, 5.41) is 2.92. The highest BCUT2D eigenvalue weighted by Gasteiger charge is 2.38. The lowest BCUT2D eigenvalue weighted by atomic mass is 9.86. The summed E-state index contributed by atoms with van der Waals surface area (Å²) in [6, 6.07) is 0. The van der Waals surface area contributed by atoms with E-state index in [4.69, 9.17) is 4.74 Å². The summed E-state index contributed by atoms with van der Waals surface area (Å²) in [4.78, 5) is 13.8. The van der Waals surface area contributed by atoms with Crippen molar-refractivity contribution in [3.63, 3.8) is 0 Å². The fraction of sp³-hybridized carbons (Fsp3) is 0.917. The number of ether oxygens (including phenoxy) is 1. The average molecular weight is 226 g/mol. The Balaban J connectivity index is 1.94. The van der Waals surface area contributed by atoms with Crippen LogP contribution in [0.1, 0.15) is 32.1 Å². The zero-order valence-corrected chi connectivity index (χ0v) is 10.1. The first-order valence-electron chi connectivity index (χ1n) is 6.32. The summed E-state index contributed by atoms with van der Waals surface area (Å²) in [5.74, 6) is 0.204. The quantitative estimate of drug-likeness (QED) is 0.756. The predicted octanol–water partition coefficient (Wildman–Crippen LogP) is 0.767. The second-order valence-corrected chi connectivity index (χ2v) is 4.94. The van der Waals surface area contributed by atoms with Gasteiger partial charge in [0.25, 0.3) is 0 Å². The van der Waals surface area contributed by atoms with E-state index in [2.05, 4.69) is 5.32 Å². The van der Waals surface area contributed by atoms with Crippen molar-refractivity contribution in [2.45, 2.75) is 37.7 Å². The van der Waals surface area contributed by atoms with Gasteiger partial charge in [-0.25, -0.2) is 0 Å². The van der Waals surface area contributed by atoms with E-state index < -0.39 is 0 Å². The summed E-state index contributed by atoms with van der Waals surface area (Å²) >= 11 is 0. The van der Waals surface area contributed by atoms with Gasteiger partial charge in [0.2, 0.25) is 5.91 Å². The predicted molar refractivity (Wildman–Crippen MR) is 62.3 cm³/mol. The van der Waals surface area contributed by atoms with E-state index in [1.54, 1.807) is 0 Å². The lowest BCUT2D eigenvalue weighted by Crippen LogP contribution is -2.54. The molecule has 0 radical (unpaired) electrons. The Morgan fingerprint density at radius 1 is 1.38 bits per heavy atom. The molecule has 2 rings (SSSR count). The molecule has 1 N–H and O–H groups in total. The number of carbonyl (C=O) groups excluding carboxylic acids is 1. The minimum absolute atomic E-state index is 0.0140. The number of piperidine rings is 1. The number of rotatable bonds is 2. The van der Waals surface area contributed by atoms with Gasteiger partial charge in [-0.05, 0) is 39.2 Å². The lowest BCUT2D eigenvalue weighted by Gasteiger charge is -2.44. The molecule has 16 heavy (non-hydrogen) atoms. The number of nitrogens with zero attached hydrogens (tertiary/aromatic N) is 1. The van der Waals surface area contributed by atoms with E-state index in [0.29, 0.717) is 6.54 Å². The van der Waals surface area contributed by atoms with Crippen LogP contribution in [-0.2, 0) is 9.53 Å². The molecule has 0 unspecified atom stereocenters. The van der Waals surface area contributed by atoms with Crippen LogP contribution in [0.2, 0.25) is 0 Å². The molecule has 2 saturated heterocycles. The summed E-state index contributed by atoms with van der Waals surface area (Å²) in [5.41, 5.74) is -0.0140. The van der Waals surface area contributed by atoms with E-state index in [9.17, 15) is 4.79 Å². The zero-order chi connectivity index (χ0) is 11.4. The fourth-order valence-electron chi connectivity index (χ4n) is 2.81. The molecule has 2 aliphatic heterocycles. The van der Waals surface area contributed by atoms with E-state index in [1.807, 2.05) is 11.9 Å². The first-order chi connectivity index (χ1) is 7.76. The van der Waals surface area contributed by atoms with Crippen molar-refractivity contribution in [3.8, 4) is 0 Å². The zero-order valence-electron chi connectivity index (χ0n) is 10.1. The van der Waals surface area contributed by atoms with Gasteiger partial charge in [-0.3, -0.25) is 4.79 Å². The Morgan fingerprint density at radius 3 is 2.88 bits per heavy atom. The number of likely N-dealkylation sites (tertiary alicyclic amines) is 1. The maximum absolute atomic E-state index is 11.8. The van der Waals surface area contributed by atoms with Gasteiger partial charge in [-0.1, -0.05) is 0 Å². The molecular weight excluding hydrogens is 204 g/mol. The normalized spacial score (nSPS) is 30.7. The molecule has 1 spiro atoms. The molecule has 4 heteroatoms. The minimum Gasteiger partial charge on any atom is -0.373 e. The Kier molecular flexibility index (Phi) is 3.82. The van der Waals surface area contributed by atoms with Gasteiger partial charge < -0.3 is 15.0 Å². The maximum Gasteiger partial charge on any atom is 0.236 e. The molecule has 0 aliphatic carbocycles. The van der Waals surface area contributed by atoms with Gasteiger partial charge in [-0.15, -0.1) is 0 Å². The highest BCUT2D eigenvalue weighted by atomic mass is 16.5. The monoisotopic (exact) mass is 226 g/mol. The van der Waals surface area contributed by atoms with Crippen LogP contribution in [-0.4, -0.2) is 49.7 Å². The maximum atomic E-state index is 11.8. The van der Waals surface area contributed by atoms with E-state index in [1.165, 1.54) is 12.8 Å². The summed E-state index contributed by atoms with van der Waals surface area (Å²) < 4.78 is 5.95. The Bertz CT molecular complexity index is 244. The first kappa shape index (κ1) is 11.9. The van der Waals surface area contributed by atoms with Crippen molar-refractivity contribution in [2.75, 3.05) is 33.3 Å². The molecule has 0 saturated carbocycles.